The molecule has 0 radical (unpaired) electrons. The molecule has 6 heteroatoms. The molecule has 0 aliphatic rings. The van der Waals surface area contributed by atoms with Gasteiger partial charge in [0.25, 0.3) is 0 Å². The van der Waals surface area contributed by atoms with Crippen molar-refractivity contribution in [2.24, 2.45) is 0 Å². The lowest BCUT2D eigenvalue weighted by Gasteiger charge is -2.09. The summed E-state index contributed by atoms with van der Waals surface area (Å²) in [5, 5.41) is 14.7. The van der Waals surface area contributed by atoms with Crippen LogP contribution in [0.25, 0.3) is 11.3 Å². The van der Waals surface area contributed by atoms with Gasteiger partial charge in [0.2, 0.25) is 0 Å². The molecule has 0 unspecified atom stereocenters. The lowest BCUT2D eigenvalue weighted by atomic mass is 9.99. The zero-order valence-electron chi connectivity index (χ0n) is 10.4. The Balaban J connectivity index is 2.56. The number of carboxylic acids is 1. The van der Waals surface area contributed by atoms with Gasteiger partial charge in [0.05, 0.1) is 5.69 Å². The SMILES string of the molecule is CC(C)c1cc(F)c(F)c(-c2cc(C(=O)O)[nH]n2)c1. The maximum atomic E-state index is 13.8. The zero-order valence-corrected chi connectivity index (χ0v) is 10.4. The van der Waals surface area contributed by atoms with Gasteiger partial charge in [-0.15, -0.1) is 0 Å². The number of nitrogens with one attached hydrogen (secondary N) is 1. The normalized spacial score (nSPS) is 11.0. The second-order valence-corrected chi connectivity index (χ2v) is 4.49. The van der Waals surface area contributed by atoms with Crippen LogP contribution in [-0.2, 0) is 0 Å². The molecule has 0 fully saturated rings. The number of aromatic nitrogens is 2. The molecule has 2 rings (SSSR count). The first-order valence-electron chi connectivity index (χ1n) is 5.68. The van der Waals surface area contributed by atoms with Crippen molar-refractivity contribution in [3.05, 3.63) is 41.1 Å². The van der Waals surface area contributed by atoms with Gasteiger partial charge in [0.1, 0.15) is 5.69 Å². The molecular weight excluding hydrogens is 254 g/mol. The van der Waals surface area contributed by atoms with Crippen LogP contribution < -0.4 is 0 Å². The number of nitrogens with zero attached hydrogens (tertiary/aromatic N) is 1. The highest BCUT2D eigenvalue weighted by Crippen LogP contribution is 2.28. The molecule has 4 nitrogen and oxygen atoms in total. The van der Waals surface area contributed by atoms with Gasteiger partial charge >= 0.3 is 5.97 Å². The Hall–Kier alpha value is -2.24. The van der Waals surface area contributed by atoms with Crippen molar-refractivity contribution in [3.63, 3.8) is 0 Å². The van der Waals surface area contributed by atoms with E-state index in [-0.39, 0.29) is 22.9 Å². The van der Waals surface area contributed by atoms with Gasteiger partial charge < -0.3 is 5.11 Å². The first-order chi connectivity index (χ1) is 8.90. The van der Waals surface area contributed by atoms with E-state index in [2.05, 4.69) is 10.2 Å². The van der Waals surface area contributed by atoms with E-state index in [1.807, 2.05) is 13.8 Å². The van der Waals surface area contributed by atoms with Crippen LogP contribution in [0.15, 0.2) is 18.2 Å². The van der Waals surface area contributed by atoms with Crippen molar-refractivity contribution < 1.29 is 18.7 Å². The molecule has 19 heavy (non-hydrogen) atoms. The standard InChI is InChI=1S/C13H12F2N2O2/c1-6(2)7-3-8(12(15)9(14)4-7)10-5-11(13(18)19)17-16-10/h3-6H,1-2H3,(H,16,17)(H,18,19). The molecule has 1 aromatic carbocycles. The Morgan fingerprint density at radius 1 is 1.32 bits per heavy atom. The first kappa shape index (κ1) is 13.2. The fraction of sp³-hybridized carbons (Fsp3) is 0.231. The van der Waals surface area contributed by atoms with Crippen molar-refractivity contribution in [2.45, 2.75) is 19.8 Å². The minimum atomic E-state index is -1.21. The Kier molecular flexibility index (Phi) is 3.33. The van der Waals surface area contributed by atoms with Crippen LogP contribution in [-0.4, -0.2) is 21.3 Å². The number of carbonyl (C=O) groups is 1. The van der Waals surface area contributed by atoms with E-state index in [0.29, 0.717) is 5.56 Å². The summed E-state index contributed by atoms with van der Waals surface area (Å²) in [5.74, 6) is -3.19. The third kappa shape index (κ3) is 2.47. The maximum absolute atomic E-state index is 13.8. The van der Waals surface area contributed by atoms with E-state index in [0.717, 1.165) is 6.07 Å². The smallest absolute Gasteiger partial charge is 0.353 e. The summed E-state index contributed by atoms with van der Waals surface area (Å²) in [5.41, 5.74) is 0.460. The Morgan fingerprint density at radius 3 is 2.53 bits per heavy atom. The third-order valence-corrected chi connectivity index (χ3v) is 2.80. The molecule has 100 valence electrons. The van der Waals surface area contributed by atoms with Gasteiger partial charge in [-0.25, -0.2) is 13.6 Å². The fourth-order valence-corrected chi connectivity index (χ4v) is 1.70. The van der Waals surface area contributed by atoms with Crippen molar-refractivity contribution >= 4 is 5.97 Å². The summed E-state index contributed by atoms with van der Waals surface area (Å²) in [6, 6.07) is 3.78. The van der Waals surface area contributed by atoms with Gasteiger partial charge in [-0.3, -0.25) is 5.10 Å². The number of aromatic carboxylic acids is 1. The van der Waals surface area contributed by atoms with Crippen LogP contribution in [0.4, 0.5) is 8.78 Å². The van der Waals surface area contributed by atoms with Crippen molar-refractivity contribution in [1.82, 2.24) is 10.2 Å². The number of rotatable bonds is 3. The predicted molar refractivity (Wildman–Crippen MR) is 65.0 cm³/mol. The Morgan fingerprint density at radius 2 is 2.00 bits per heavy atom. The molecule has 0 bridgehead atoms. The number of H-pyrrole nitrogens is 1. The highest BCUT2D eigenvalue weighted by Gasteiger charge is 2.17. The van der Waals surface area contributed by atoms with E-state index in [1.54, 1.807) is 0 Å². The highest BCUT2D eigenvalue weighted by atomic mass is 19.2. The third-order valence-electron chi connectivity index (χ3n) is 2.80. The summed E-state index contributed by atoms with van der Waals surface area (Å²) in [7, 11) is 0. The number of aromatic amines is 1. The van der Waals surface area contributed by atoms with E-state index >= 15 is 0 Å². The van der Waals surface area contributed by atoms with Crippen LogP contribution in [0.1, 0.15) is 35.8 Å². The Labute approximate surface area is 108 Å². The van der Waals surface area contributed by atoms with Gasteiger partial charge in [0, 0.05) is 5.56 Å². The maximum Gasteiger partial charge on any atom is 0.353 e. The van der Waals surface area contributed by atoms with Gasteiger partial charge in [0.15, 0.2) is 11.6 Å². The van der Waals surface area contributed by atoms with E-state index in [4.69, 9.17) is 5.11 Å². The second kappa shape index (κ2) is 4.79. The number of hydrogen-bond donors (Lipinski definition) is 2. The van der Waals surface area contributed by atoms with Gasteiger partial charge in [-0.2, -0.15) is 5.10 Å². The number of benzene rings is 1. The number of hydrogen-bond acceptors (Lipinski definition) is 2. The van der Waals surface area contributed by atoms with Crippen LogP contribution >= 0.6 is 0 Å². The minimum absolute atomic E-state index is 0.0201. The average Bonchev–Trinajstić information content (AvgIpc) is 2.81. The lowest BCUT2D eigenvalue weighted by Crippen LogP contribution is -1.96. The quantitative estimate of drug-likeness (QED) is 0.896. The molecule has 0 atom stereocenters. The molecule has 0 saturated heterocycles. The topological polar surface area (TPSA) is 66.0 Å². The predicted octanol–water partition coefficient (Wildman–Crippen LogP) is 3.18. The second-order valence-electron chi connectivity index (χ2n) is 4.49. The molecule has 1 aromatic heterocycles. The van der Waals surface area contributed by atoms with Crippen molar-refractivity contribution in [1.29, 1.82) is 0 Å². The first-order valence-corrected chi connectivity index (χ1v) is 5.68. The molecular formula is C13H12F2N2O2. The molecule has 0 spiro atoms. The van der Waals surface area contributed by atoms with Crippen molar-refractivity contribution in [2.75, 3.05) is 0 Å². The monoisotopic (exact) mass is 266 g/mol. The van der Waals surface area contributed by atoms with E-state index in [1.165, 1.54) is 12.1 Å². The largest absolute Gasteiger partial charge is 0.477 e. The molecule has 2 N–H and O–H groups in total. The molecule has 0 aliphatic carbocycles. The van der Waals surface area contributed by atoms with Crippen LogP contribution in [0.2, 0.25) is 0 Å². The summed E-state index contributed by atoms with van der Waals surface area (Å²) < 4.78 is 27.3. The number of halogens is 2. The summed E-state index contributed by atoms with van der Waals surface area (Å²) >= 11 is 0. The van der Waals surface area contributed by atoms with E-state index < -0.39 is 17.6 Å². The number of carboxylic acid groups (broad SMARTS) is 1. The molecule has 0 aliphatic heterocycles. The van der Waals surface area contributed by atoms with Gasteiger partial charge in [-0.1, -0.05) is 13.8 Å². The molecule has 0 amide bonds. The minimum Gasteiger partial charge on any atom is -0.477 e. The van der Waals surface area contributed by atoms with Gasteiger partial charge in [-0.05, 0) is 29.7 Å². The van der Waals surface area contributed by atoms with Crippen LogP contribution in [0.5, 0.6) is 0 Å². The molecule has 0 saturated carbocycles. The average molecular weight is 266 g/mol. The van der Waals surface area contributed by atoms with E-state index in [9.17, 15) is 13.6 Å². The summed E-state index contributed by atoms with van der Waals surface area (Å²) in [6.07, 6.45) is 0. The van der Waals surface area contributed by atoms with Crippen LogP contribution in [0, 0.1) is 11.6 Å². The van der Waals surface area contributed by atoms with Crippen LogP contribution in [0.3, 0.4) is 0 Å². The van der Waals surface area contributed by atoms with Crippen molar-refractivity contribution in [3.8, 4) is 11.3 Å². The summed E-state index contributed by atoms with van der Waals surface area (Å²) in [6.45, 7) is 3.70. The highest BCUT2D eigenvalue weighted by molar-refractivity contribution is 5.86. The molecule has 2 aromatic rings. The molecule has 1 heterocycles. The zero-order chi connectivity index (χ0) is 14.2. The summed E-state index contributed by atoms with van der Waals surface area (Å²) in [4.78, 5) is 10.7. The lowest BCUT2D eigenvalue weighted by molar-refractivity contribution is 0.0690. The Bertz CT molecular complexity index is 636. The fourth-order valence-electron chi connectivity index (χ4n) is 1.70.